The highest BCUT2D eigenvalue weighted by Gasteiger charge is 2.17. The Hall–Kier alpha value is -2.92. The van der Waals surface area contributed by atoms with Gasteiger partial charge < -0.3 is 4.57 Å². The van der Waals surface area contributed by atoms with Crippen molar-refractivity contribution >= 4 is 11.6 Å². The summed E-state index contributed by atoms with van der Waals surface area (Å²) in [6.45, 7) is 2.63. The maximum absolute atomic E-state index is 5.88. The van der Waals surface area contributed by atoms with E-state index in [1.165, 1.54) is 0 Å². The summed E-state index contributed by atoms with van der Waals surface area (Å²) in [6, 6.07) is 15.9. The number of aromatic nitrogens is 5. The molecule has 0 aliphatic heterocycles. The zero-order valence-electron chi connectivity index (χ0n) is 13.6. The van der Waals surface area contributed by atoms with Crippen molar-refractivity contribution in [3.8, 4) is 22.6 Å². The van der Waals surface area contributed by atoms with E-state index in [0.717, 1.165) is 33.9 Å². The predicted molar refractivity (Wildman–Crippen MR) is 98.3 cm³/mol. The zero-order chi connectivity index (χ0) is 17.2. The van der Waals surface area contributed by atoms with Crippen molar-refractivity contribution in [3.63, 3.8) is 0 Å². The largest absolute Gasteiger partial charge is 0.324 e. The van der Waals surface area contributed by atoms with E-state index in [1.807, 2.05) is 43.6 Å². The van der Waals surface area contributed by atoms with Crippen LogP contribution in [0.2, 0.25) is 5.15 Å². The predicted octanol–water partition coefficient (Wildman–Crippen LogP) is 4.35. The Morgan fingerprint density at radius 3 is 2.60 bits per heavy atom. The topological polar surface area (TPSA) is 59.4 Å². The summed E-state index contributed by atoms with van der Waals surface area (Å²) >= 11 is 5.88. The number of benzene rings is 1. The highest BCUT2D eigenvalue weighted by atomic mass is 35.5. The van der Waals surface area contributed by atoms with E-state index in [-0.39, 0.29) is 0 Å². The third-order valence-corrected chi connectivity index (χ3v) is 4.20. The van der Waals surface area contributed by atoms with E-state index in [0.29, 0.717) is 11.7 Å². The SMILES string of the molecule is Cc1cc(-c2c(-c3ccccc3)ncn2Cc2ccc(Cl)nc2)n[nH]1. The second-order valence-corrected chi connectivity index (χ2v) is 6.25. The number of aromatic amines is 1. The van der Waals surface area contributed by atoms with E-state index in [1.54, 1.807) is 12.3 Å². The van der Waals surface area contributed by atoms with Crippen LogP contribution in [0.3, 0.4) is 0 Å². The second kappa shape index (κ2) is 6.53. The first-order chi connectivity index (χ1) is 12.2. The quantitative estimate of drug-likeness (QED) is 0.557. The highest BCUT2D eigenvalue weighted by Crippen LogP contribution is 2.30. The fourth-order valence-corrected chi connectivity index (χ4v) is 2.93. The number of nitrogens with zero attached hydrogens (tertiary/aromatic N) is 4. The van der Waals surface area contributed by atoms with Crippen molar-refractivity contribution < 1.29 is 0 Å². The van der Waals surface area contributed by atoms with Crippen molar-refractivity contribution in [1.29, 1.82) is 0 Å². The normalized spacial score (nSPS) is 11.0. The van der Waals surface area contributed by atoms with Crippen molar-refractivity contribution in [3.05, 3.63) is 77.5 Å². The smallest absolute Gasteiger partial charge is 0.129 e. The van der Waals surface area contributed by atoms with Crippen LogP contribution in [-0.4, -0.2) is 24.7 Å². The van der Waals surface area contributed by atoms with Gasteiger partial charge in [-0.05, 0) is 24.6 Å². The zero-order valence-corrected chi connectivity index (χ0v) is 14.4. The number of hydrogen-bond donors (Lipinski definition) is 1. The fourth-order valence-electron chi connectivity index (χ4n) is 2.81. The number of H-pyrrole nitrogens is 1. The molecule has 3 aromatic heterocycles. The van der Waals surface area contributed by atoms with Crippen LogP contribution in [0.25, 0.3) is 22.6 Å². The lowest BCUT2D eigenvalue weighted by molar-refractivity contribution is 0.797. The van der Waals surface area contributed by atoms with Gasteiger partial charge in [-0.2, -0.15) is 5.10 Å². The summed E-state index contributed by atoms with van der Waals surface area (Å²) in [5.74, 6) is 0. The average Bonchev–Trinajstić information content (AvgIpc) is 3.24. The van der Waals surface area contributed by atoms with Gasteiger partial charge in [0.2, 0.25) is 0 Å². The van der Waals surface area contributed by atoms with E-state index in [9.17, 15) is 0 Å². The minimum Gasteiger partial charge on any atom is -0.324 e. The average molecular weight is 350 g/mol. The molecule has 25 heavy (non-hydrogen) atoms. The van der Waals surface area contributed by atoms with Crippen LogP contribution < -0.4 is 0 Å². The van der Waals surface area contributed by atoms with Gasteiger partial charge in [0, 0.05) is 17.5 Å². The molecule has 0 radical (unpaired) electrons. The van der Waals surface area contributed by atoms with E-state index in [4.69, 9.17) is 11.6 Å². The van der Waals surface area contributed by atoms with Gasteiger partial charge in [-0.1, -0.05) is 48.0 Å². The van der Waals surface area contributed by atoms with E-state index >= 15 is 0 Å². The Balaban J connectivity index is 1.81. The summed E-state index contributed by atoms with van der Waals surface area (Å²) in [6.07, 6.45) is 3.63. The summed E-state index contributed by atoms with van der Waals surface area (Å²) < 4.78 is 2.09. The second-order valence-electron chi connectivity index (χ2n) is 5.86. The van der Waals surface area contributed by atoms with Gasteiger partial charge in [0.15, 0.2) is 0 Å². The minimum atomic E-state index is 0.488. The third kappa shape index (κ3) is 3.19. The Bertz CT molecular complexity index is 986. The Labute approximate surface area is 150 Å². The number of imidazole rings is 1. The van der Waals surface area contributed by atoms with Crippen LogP contribution in [0.1, 0.15) is 11.3 Å². The fraction of sp³-hybridized carbons (Fsp3) is 0.105. The monoisotopic (exact) mass is 349 g/mol. The first kappa shape index (κ1) is 15.6. The molecule has 0 atom stereocenters. The lowest BCUT2D eigenvalue weighted by Crippen LogP contribution is -2.01. The summed E-state index contributed by atoms with van der Waals surface area (Å²) in [4.78, 5) is 8.81. The summed E-state index contributed by atoms with van der Waals surface area (Å²) in [5.41, 5.74) is 5.88. The number of nitrogens with one attached hydrogen (secondary N) is 1. The van der Waals surface area contributed by atoms with Crippen LogP contribution in [-0.2, 0) is 6.54 Å². The molecule has 4 rings (SSSR count). The number of hydrogen-bond acceptors (Lipinski definition) is 3. The first-order valence-electron chi connectivity index (χ1n) is 7.94. The van der Waals surface area contributed by atoms with Crippen LogP contribution in [0, 0.1) is 6.92 Å². The van der Waals surface area contributed by atoms with Gasteiger partial charge in [-0.25, -0.2) is 9.97 Å². The molecule has 0 fully saturated rings. The molecular weight excluding hydrogens is 334 g/mol. The number of aryl methyl sites for hydroxylation is 1. The third-order valence-electron chi connectivity index (χ3n) is 3.98. The van der Waals surface area contributed by atoms with Gasteiger partial charge in [-0.15, -0.1) is 0 Å². The van der Waals surface area contributed by atoms with E-state index < -0.39 is 0 Å². The molecule has 0 unspecified atom stereocenters. The van der Waals surface area contributed by atoms with Gasteiger partial charge in [0.05, 0.1) is 24.3 Å². The van der Waals surface area contributed by atoms with E-state index in [2.05, 4.69) is 36.9 Å². The van der Waals surface area contributed by atoms with Gasteiger partial charge >= 0.3 is 0 Å². The Morgan fingerprint density at radius 1 is 1.08 bits per heavy atom. The molecule has 0 aliphatic rings. The summed E-state index contributed by atoms with van der Waals surface area (Å²) in [7, 11) is 0. The standard InChI is InChI=1S/C19H16ClN5/c1-13-9-16(24-23-13)19-18(15-5-3-2-4-6-15)22-12-25(19)11-14-7-8-17(20)21-10-14/h2-10,12H,11H2,1H3,(H,23,24). The van der Waals surface area contributed by atoms with Crippen molar-refractivity contribution in [2.45, 2.75) is 13.5 Å². The molecule has 0 saturated carbocycles. The molecule has 0 spiro atoms. The first-order valence-corrected chi connectivity index (χ1v) is 8.32. The molecule has 0 bridgehead atoms. The summed E-state index contributed by atoms with van der Waals surface area (Å²) in [5, 5.41) is 7.94. The lowest BCUT2D eigenvalue weighted by Gasteiger charge is -2.08. The highest BCUT2D eigenvalue weighted by molar-refractivity contribution is 6.29. The maximum atomic E-state index is 5.88. The Kier molecular flexibility index (Phi) is 4.07. The van der Waals surface area contributed by atoms with Crippen LogP contribution in [0.5, 0.6) is 0 Å². The Morgan fingerprint density at radius 2 is 1.92 bits per heavy atom. The van der Waals surface area contributed by atoms with Crippen molar-refractivity contribution in [2.24, 2.45) is 0 Å². The lowest BCUT2D eigenvalue weighted by atomic mass is 10.1. The molecule has 1 N–H and O–H groups in total. The maximum Gasteiger partial charge on any atom is 0.129 e. The molecule has 3 heterocycles. The number of pyridine rings is 1. The van der Waals surface area contributed by atoms with Gasteiger partial charge in [0.25, 0.3) is 0 Å². The molecule has 0 saturated heterocycles. The molecule has 0 amide bonds. The molecule has 1 aromatic carbocycles. The molecule has 4 aromatic rings. The molecule has 0 aliphatic carbocycles. The number of halogens is 1. The van der Waals surface area contributed by atoms with Gasteiger partial charge in [-0.3, -0.25) is 5.10 Å². The van der Waals surface area contributed by atoms with Crippen LogP contribution in [0.15, 0.2) is 61.1 Å². The van der Waals surface area contributed by atoms with Crippen molar-refractivity contribution in [1.82, 2.24) is 24.7 Å². The molecule has 5 nitrogen and oxygen atoms in total. The molecular formula is C19H16ClN5. The molecule has 6 heteroatoms. The van der Waals surface area contributed by atoms with Crippen LogP contribution >= 0.6 is 11.6 Å². The van der Waals surface area contributed by atoms with Gasteiger partial charge in [0.1, 0.15) is 10.8 Å². The van der Waals surface area contributed by atoms with Crippen molar-refractivity contribution in [2.75, 3.05) is 0 Å². The minimum absolute atomic E-state index is 0.488. The molecule has 124 valence electrons. The number of rotatable bonds is 4. The van der Waals surface area contributed by atoms with Crippen LogP contribution in [0.4, 0.5) is 0 Å².